The van der Waals surface area contributed by atoms with Crippen LogP contribution in [0.15, 0.2) is 30.5 Å². The zero-order chi connectivity index (χ0) is 14.5. The molecule has 3 N–H and O–H groups in total. The fourth-order valence-corrected chi connectivity index (χ4v) is 1.87. The Bertz CT molecular complexity index is 618. The topological polar surface area (TPSA) is 77.2 Å². The quantitative estimate of drug-likeness (QED) is 0.732. The summed E-state index contributed by atoms with van der Waals surface area (Å²) in [4.78, 5) is 27.9. The summed E-state index contributed by atoms with van der Waals surface area (Å²) in [6, 6.07) is 7.31. The van der Waals surface area contributed by atoms with Crippen LogP contribution in [0.1, 0.15) is 10.4 Å². The predicted molar refractivity (Wildman–Crippen MR) is 77.7 cm³/mol. The third-order valence-electron chi connectivity index (χ3n) is 2.92. The number of para-hydroxylation sites is 1. The monoisotopic (exact) mass is 274 g/mol. The highest BCUT2D eigenvalue weighted by Gasteiger charge is 2.10. The highest BCUT2D eigenvalue weighted by molar-refractivity contribution is 6.05. The zero-order valence-electron chi connectivity index (χ0n) is 11.6. The molecule has 106 valence electrons. The second-order valence-corrected chi connectivity index (χ2v) is 4.63. The van der Waals surface area contributed by atoms with E-state index in [1.54, 1.807) is 26.4 Å². The van der Waals surface area contributed by atoms with Gasteiger partial charge in [-0.05, 0) is 12.1 Å². The van der Waals surface area contributed by atoms with Gasteiger partial charge in [0.25, 0.3) is 5.91 Å². The molecular weight excluding hydrogens is 256 g/mol. The molecule has 20 heavy (non-hydrogen) atoms. The fourth-order valence-electron chi connectivity index (χ4n) is 1.87. The normalized spacial score (nSPS) is 10.3. The molecule has 1 aromatic carbocycles. The number of benzene rings is 1. The number of H-pyrrole nitrogens is 1. The van der Waals surface area contributed by atoms with Gasteiger partial charge >= 0.3 is 6.03 Å². The summed E-state index contributed by atoms with van der Waals surface area (Å²) in [5.74, 6) is -0.155. The van der Waals surface area contributed by atoms with Gasteiger partial charge in [0.05, 0.1) is 11.1 Å². The molecule has 6 heteroatoms. The van der Waals surface area contributed by atoms with Crippen molar-refractivity contribution in [3.05, 3.63) is 36.0 Å². The summed E-state index contributed by atoms with van der Waals surface area (Å²) in [6.07, 6.45) is 1.80. The fraction of sp³-hybridized carbons (Fsp3) is 0.286. The van der Waals surface area contributed by atoms with Crippen LogP contribution in [0.5, 0.6) is 0 Å². The van der Waals surface area contributed by atoms with Gasteiger partial charge < -0.3 is 20.5 Å². The molecule has 0 aliphatic rings. The molecule has 0 saturated heterocycles. The van der Waals surface area contributed by atoms with E-state index in [-0.39, 0.29) is 11.9 Å². The van der Waals surface area contributed by atoms with Crippen LogP contribution in [0.2, 0.25) is 0 Å². The van der Waals surface area contributed by atoms with Gasteiger partial charge in [-0.15, -0.1) is 0 Å². The Labute approximate surface area is 117 Å². The van der Waals surface area contributed by atoms with Crippen molar-refractivity contribution < 1.29 is 9.59 Å². The van der Waals surface area contributed by atoms with E-state index in [0.717, 1.165) is 10.9 Å². The maximum atomic E-state index is 12.1. The maximum Gasteiger partial charge on any atom is 0.316 e. The molecule has 2 rings (SSSR count). The minimum atomic E-state index is -0.175. The smallest absolute Gasteiger partial charge is 0.316 e. The van der Waals surface area contributed by atoms with E-state index in [2.05, 4.69) is 15.6 Å². The number of aromatic amines is 1. The van der Waals surface area contributed by atoms with Crippen LogP contribution in [-0.4, -0.2) is 49.0 Å². The first-order valence-electron chi connectivity index (χ1n) is 6.39. The van der Waals surface area contributed by atoms with Crippen LogP contribution >= 0.6 is 0 Å². The number of aromatic nitrogens is 1. The molecule has 0 spiro atoms. The van der Waals surface area contributed by atoms with Crippen LogP contribution < -0.4 is 10.6 Å². The number of nitrogens with zero attached hydrogens (tertiary/aromatic N) is 1. The van der Waals surface area contributed by atoms with Crippen molar-refractivity contribution in [3.63, 3.8) is 0 Å². The number of urea groups is 1. The first-order chi connectivity index (χ1) is 9.59. The van der Waals surface area contributed by atoms with Gasteiger partial charge in [0.15, 0.2) is 0 Å². The molecule has 0 fully saturated rings. The number of carbonyl (C=O) groups excluding carboxylic acids is 2. The number of carbonyl (C=O) groups is 2. The number of rotatable bonds is 4. The lowest BCUT2D eigenvalue weighted by molar-refractivity contribution is 0.0955. The molecule has 0 radical (unpaired) electrons. The second-order valence-electron chi connectivity index (χ2n) is 4.63. The molecule has 0 aliphatic heterocycles. The minimum absolute atomic E-state index is 0.155. The van der Waals surface area contributed by atoms with E-state index in [9.17, 15) is 9.59 Å². The van der Waals surface area contributed by atoms with Gasteiger partial charge in [0, 0.05) is 38.8 Å². The third kappa shape index (κ3) is 3.09. The number of nitrogens with one attached hydrogen (secondary N) is 3. The summed E-state index contributed by atoms with van der Waals surface area (Å²) < 4.78 is 0. The van der Waals surface area contributed by atoms with Gasteiger partial charge in [-0.25, -0.2) is 4.79 Å². The average Bonchev–Trinajstić information content (AvgIpc) is 2.90. The van der Waals surface area contributed by atoms with Crippen molar-refractivity contribution in [1.29, 1.82) is 0 Å². The maximum absolute atomic E-state index is 12.1. The van der Waals surface area contributed by atoms with E-state index >= 15 is 0 Å². The summed E-state index contributed by atoms with van der Waals surface area (Å²) in [6.45, 7) is 0.777. The molecule has 6 nitrogen and oxygen atoms in total. The molecule has 0 bridgehead atoms. The van der Waals surface area contributed by atoms with Crippen molar-refractivity contribution in [2.24, 2.45) is 0 Å². The highest BCUT2D eigenvalue weighted by atomic mass is 16.2. The van der Waals surface area contributed by atoms with E-state index in [1.165, 1.54) is 4.90 Å². The summed E-state index contributed by atoms with van der Waals surface area (Å²) in [7, 11) is 3.33. The Balaban J connectivity index is 1.89. The van der Waals surface area contributed by atoms with Crippen LogP contribution in [0, 0.1) is 0 Å². The van der Waals surface area contributed by atoms with Gasteiger partial charge in [-0.2, -0.15) is 0 Å². The number of hydrogen-bond donors (Lipinski definition) is 3. The van der Waals surface area contributed by atoms with E-state index in [4.69, 9.17) is 0 Å². The van der Waals surface area contributed by atoms with Crippen LogP contribution in [-0.2, 0) is 0 Å². The first-order valence-corrected chi connectivity index (χ1v) is 6.39. The molecular formula is C14H18N4O2. The Morgan fingerprint density at radius 1 is 1.15 bits per heavy atom. The molecule has 3 amide bonds. The molecule has 2 aromatic rings. The van der Waals surface area contributed by atoms with Crippen LogP contribution in [0.25, 0.3) is 10.9 Å². The molecule has 0 unspecified atom stereocenters. The molecule has 0 saturated carbocycles. The third-order valence-corrected chi connectivity index (χ3v) is 2.92. The SMILES string of the molecule is CN(C)C(=O)NCCNC(=O)c1cccc2cc[nH]c12. The lowest BCUT2D eigenvalue weighted by Crippen LogP contribution is -2.39. The lowest BCUT2D eigenvalue weighted by atomic mass is 10.1. The van der Waals surface area contributed by atoms with Gasteiger partial charge in [0.1, 0.15) is 0 Å². The van der Waals surface area contributed by atoms with Crippen LogP contribution in [0.3, 0.4) is 0 Å². The summed E-state index contributed by atoms with van der Waals surface area (Å²) in [5.41, 5.74) is 1.42. The molecule has 0 aliphatic carbocycles. The lowest BCUT2D eigenvalue weighted by Gasteiger charge is -2.12. The number of hydrogen-bond acceptors (Lipinski definition) is 2. The minimum Gasteiger partial charge on any atom is -0.361 e. The Morgan fingerprint density at radius 3 is 2.65 bits per heavy atom. The number of amides is 3. The van der Waals surface area contributed by atoms with Crippen molar-refractivity contribution in [2.45, 2.75) is 0 Å². The zero-order valence-corrected chi connectivity index (χ0v) is 11.6. The largest absolute Gasteiger partial charge is 0.361 e. The summed E-state index contributed by atoms with van der Waals surface area (Å²) >= 11 is 0. The van der Waals surface area contributed by atoms with Gasteiger partial charge in [0.2, 0.25) is 0 Å². The Hall–Kier alpha value is -2.50. The average molecular weight is 274 g/mol. The van der Waals surface area contributed by atoms with Crippen LogP contribution in [0.4, 0.5) is 4.79 Å². The van der Waals surface area contributed by atoms with Crippen molar-refractivity contribution in [3.8, 4) is 0 Å². The molecule has 0 atom stereocenters. The van der Waals surface area contributed by atoms with E-state index < -0.39 is 0 Å². The van der Waals surface area contributed by atoms with Crippen molar-refractivity contribution in [1.82, 2.24) is 20.5 Å². The number of fused-ring (bicyclic) bond motifs is 1. The Morgan fingerprint density at radius 2 is 1.90 bits per heavy atom. The predicted octanol–water partition coefficient (Wildman–Crippen LogP) is 1.17. The molecule has 1 heterocycles. The summed E-state index contributed by atoms with van der Waals surface area (Å²) in [5, 5.41) is 6.47. The molecule has 1 aromatic heterocycles. The standard InChI is InChI=1S/C14H18N4O2/c1-18(2)14(20)17-9-8-16-13(19)11-5-3-4-10-6-7-15-12(10)11/h3-7,15H,8-9H2,1-2H3,(H,16,19)(H,17,20). The van der Waals surface area contributed by atoms with E-state index in [0.29, 0.717) is 18.7 Å². The highest BCUT2D eigenvalue weighted by Crippen LogP contribution is 2.16. The second kappa shape index (κ2) is 6.10. The van der Waals surface area contributed by atoms with E-state index in [1.807, 2.05) is 18.2 Å². The van der Waals surface area contributed by atoms with Crippen molar-refractivity contribution in [2.75, 3.05) is 27.2 Å². The van der Waals surface area contributed by atoms with Gasteiger partial charge in [-0.3, -0.25) is 4.79 Å². The van der Waals surface area contributed by atoms with Gasteiger partial charge in [-0.1, -0.05) is 12.1 Å². The Kier molecular flexibility index (Phi) is 4.24. The van der Waals surface area contributed by atoms with Crippen molar-refractivity contribution >= 4 is 22.8 Å². The first kappa shape index (κ1) is 13.9.